The molecule has 2 unspecified atom stereocenters. The standard InChI is InChI=1S/C9H9Br2NO2/c10-7(8(11)9(13)14)5-3-1-2-4-6(5)12/h1-4,7-8H,12H2,(H,13,14). The van der Waals surface area contributed by atoms with Gasteiger partial charge in [-0.05, 0) is 11.6 Å². The first kappa shape index (κ1) is 11.5. The SMILES string of the molecule is Nc1ccccc1C(Br)C(Br)C(=O)O. The quantitative estimate of drug-likeness (QED) is 0.664. The Kier molecular flexibility index (Phi) is 3.95. The van der Waals surface area contributed by atoms with Crippen molar-refractivity contribution in [1.29, 1.82) is 0 Å². The van der Waals surface area contributed by atoms with Crippen LogP contribution in [0.3, 0.4) is 0 Å². The molecule has 0 amide bonds. The normalized spacial score (nSPS) is 14.7. The van der Waals surface area contributed by atoms with Gasteiger partial charge >= 0.3 is 5.97 Å². The summed E-state index contributed by atoms with van der Waals surface area (Å²) in [6, 6.07) is 7.17. The van der Waals surface area contributed by atoms with Gasteiger partial charge in [0.1, 0.15) is 4.83 Å². The maximum atomic E-state index is 10.7. The first-order valence-electron chi connectivity index (χ1n) is 3.89. The molecule has 0 saturated heterocycles. The van der Waals surface area contributed by atoms with Crippen molar-refractivity contribution in [3.8, 4) is 0 Å². The number of carbonyl (C=O) groups is 1. The van der Waals surface area contributed by atoms with E-state index >= 15 is 0 Å². The summed E-state index contributed by atoms with van der Waals surface area (Å²) in [6.07, 6.45) is 0. The van der Waals surface area contributed by atoms with Crippen LogP contribution in [0, 0.1) is 0 Å². The predicted molar refractivity (Wildman–Crippen MR) is 62.9 cm³/mol. The Labute approximate surface area is 98.6 Å². The monoisotopic (exact) mass is 321 g/mol. The molecule has 0 heterocycles. The highest BCUT2D eigenvalue weighted by Crippen LogP contribution is 2.34. The number of carboxylic acids is 1. The van der Waals surface area contributed by atoms with Crippen LogP contribution in [0.2, 0.25) is 0 Å². The van der Waals surface area contributed by atoms with Gasteiger partial charge in [-0.1, -0.05) is 50.1 Å². The van der Waals surface area contributed by atoms with Crippen LogP contribution in [0.15, 0.2) is 24.3 Å². The molecule has 0 spiro atoms. The number of alkyl halides is 2. The van der Waals surface area contributed by atoms with Gasteiger partial charge in [-0.2, -0.15) is 0 Å². The van der Waals surface area contributed by atoms with E-state index in [-0.39, 0.29) is 4.83 Å². The molecule has 14 heavy (non-hydrogen) atoms. The second-order valence-electron chi connectivity index (χ2n) is 2.77. The van der Waals surface area contributed by atoms with Crippen molar-refractivity contribution in [1.82, 2.24) is 0 Å². The average molecular weight is 323 g/mol. The molecule has 0 aliphatic rings. The van der Waals surface area contributed by atoms with E-state index in [4.69, 9.17) is 10.8 Å². The van der Waals surface area contributed by atoms with Gasteiger partial charge in [-0.3, -0.25) is 4.79 Å². The van der Waals surface area contributed by atoms with Crippen LogP contribution in [-0.4, -0.2) is 15.9 Å². The molecule has 0 aliphatic heterocycles. The summed E-state index contributed by atoms with van der Waals surface area (Å²) in [5.74, 6) is -0.921. The number of anilines is 1. The molecule has 0 bridgehead atoms. The van der Waals surface area contributed by atoms with Gasteiger partial charge in [0.25, 0.3) is 0 Å². The van der Waals surface area contributed by atoms with Gasteiger partial charge in [0.05, 0.1) is 4.83 Å². The summed E-state index contributed by atoms with van der Waals surface area (Å²) in [7, 11) is 0. The molecule has 5 heteroatoms. The third-order valence-corrected chi connectivity index (χ3v) is 4.44. The van der Waals surface area contributed by atoms with Crippen molar-refractivity contribution in [2.24, 2.45) is 0 Å². The Morgan fingerprint density at radius 1 is 1.36 bits per heavy atom. The lowest BCUT2D eigenvalue weighted by molar-refractivity contribution is -0.136. The minimum Gasteiger partial charge on any atom is -0.480 e. The van der Waals surface area contributed by atoms with E-state index in [9.17, 15) is 4.79 Å². The maximum Gasteiger partial charge on any atom is 0.318 e. The Morgan fingerprint density at radius 2 is 1.93 bits per heavy atom. The smallest absolute Gasteiger partial charge is 0.318 e. The molecule has 1 rings (SSSR count). The van der Waals surface area contributed by atoms with E-state index in [1.807, 2.05) is 12.1 Å². The molecule has 3 N–H and O–H groups in total. The van der Waals surface area contributed by atoms with Crippen LogP contribution >= 0.6 is 31.9 Å². The van der Waals surface area contributed by atoms with Crippen molar-refractivity contribution in [2.45, 2.75) is 9.65 Å². The lowest BCUT2D eigenvalue weighted by Crippen LogP contribution is -2.18. The lowest BCUT2D eigenvalue weighted by atomic mass is 10.1. The van der Waals surface area contributed by atoms with Crippen molar-refractivity contribution in [3.63, 3.8) is 0 Å². The number of nitrogens with two attached hydrogens (primary N) is 1. The highest BCUT2D eigenvalue weighted by atomic mass is 79.9. The van der Waals surface area contributed by atoms with Crippen molar-refractivity contribution in [3.05, 3.63) is 29.8 Å². The van der Waals surface area contributed by atoms with Gasteiger partial charge in [0.2, 0.25) is 0 Å². The summed E-state index contributed by atoms with van der Waals surface area (Å²) in [5.41, 5.74) is 7.07. The van der Waals surface area contributed by atoms with E-state index in [2.05, 4.69) is 31.9 Å². The number of hydrogen-bond acceptors (Lipinski definition) is 2. The molecule has 0 aromatic heterocycles. The van der Waals surface area contributed by atoms with Gasteiger partial charge in [-0.15, -0.1) is 0 Å². The molecule has 0 saturated carbocycles. The fraction of sp³-hybridized carbons (Fsp3) is 0.222. The summed E-state index contributed by atoms with van der Waals surface area (Å²) >= 11 is 6.37. The number of aliphatic carboxylic acids is 1. The Balaban J connectivity index is 2.94. The van der Waals surface area contributed by atoms with Crippen molar-refractivity contribution >= 4 is 43.5 Å². The molecule has 1 aromatic carbocycles. The van der Waals surface area contributed by atoms with E-state index in [1.54, 1.807) is 12.1 Å². The van der Waals surface area contributed by atoms with E-state index < -0.39 is 10.8 Å². The number of halogens is 2. The van der Waals surface area contributed by atoms with E-state index in [0.29, 0.717) is 5.69 Å². The van der Waals surface area contributed by atoms with Crippen LogP contribution in [0.1, 0.15) is 10.4 Å². The first-order valence-corrected chi connectivity index (χ1v) is 5.72. The molecule has 0 aliphatic carbocycles. The number of nitrogen functional groups attached to an aromatic ring is 1. The Morgan fingerprint density at radius 3 is 2.43 bits per heavy atom. The average Bonchev–Trinajstić information content (AvgIpc) is 2.16. The van der Waals surface area contributed by atoms with Crippen molar-refractivity contribution in [2.75, 3.05) is 5.73 Å². The number of benzene rings is 1. The number of rotatable bonds is 3. The fourth-order valence-corrected chi connectivity index (χ4v) is 1.97. The predicted octanol–water partition coefficient (Wildman–Crippen LogP) is 2.55. The third kappa shape index (κ3) is 2.48. The summed E-state index contributed by atoms with van der Waals surface area (Å²) < 4.78 is 0. The topological polar surface area (TPSA) is 63.3 Å². The molecule has 0 radical (unpaired) electrons. The zero-order valence-corrected chi connectivity index (χ0v) is 10.3. The third-order valence-electron chi connectivity index (χ3n) is 1.79. The first-order chi connectivity index (χ1) is 6.54. The molecule has 1 aromatic rings. The van der Waals surface area contributed by atoms with E-state index in [0.717, 1.165) is 5.56 Å². The highest BCUT2D eigenvalue weighted by Gasteiger charge is 2.25. The second-order valence-corrected chi connectivity index (χ2v) is 4.74. The van der Waals surface area contributed by atoms with Crippen LogP contribution in [0.25, 0.3) is 0 Å². The molecule has 3 nitrogen and oxygen atoms in total. The summed E-state index contributed by atoms with van der Waals surface area (Å²) in [6.45, 7) is 0. The molecular formula is C9H9Br2NO2. The zero-order valence-electron chi connectivity index (χ0n) is 7.15. The Bertz CT molecular complexity index is 343. The van der Waals surface area contributed by atoms with Crippen molar-refractivity contribution < 1.29 is 9.90 Å². The van der Waals surface area contributed by atoms with E-state index in [1.165, 1.54) is 0 Å². The fourth-order valence-electron chi connectivity index (χ4n) is 1.04. The molecule has 0 fully saturated rings. The van der Waals surface area contributed by atoms with Crippen LogP contribution < -0.4 is 5.73 Å². The second kappa shape index (κ2) is 4.79. The molecular weight excluding hydrogens is 314 g/mol. The van der Waals surface area contributed by atoms with Crippen LogP contribution in [-0.2, 0) is 4.79 Å². The van der Waals surface area contributed by atoms with Gasteiger partial charge in [-0.25, -0.2) is 0 Å². The maximum absolute atomic E-state index is 10.7. The number of carboxylic acid groups (broad SMARTS) is 1. The lowest BCUT2D eigenvalue weighted by Gasteiger charge is -2.14. The minimum absolute atomic E-state index is 0.332. The summed E-state index contributed by atoms with van der Waals surface area (Å²) in [5, 5.41) is 8.79. The molecule has 2 atom stereocenters. The minimum atomic E-state index is -0.921. The largest absolute Gasteiger partial charge is 0.480 e. The van der Waals surface area contributed by atoms with Gasteiger partial charge in [0.15, 0.2) is 0 Å². The molecule has 76 valence electrons. The van der Waals surface area contributed by atoms with Crippen LogP contribution in [0.4, 0.5) is 5.69 Å². The number of hydrogen-bond donors (Lipinski definition) is 2. The highest BCUT2D eigenvalue weighted by molar-refractivity contribution is 9.12. The van der Waals surface area contributed by atoms with Crippen LogP contribution in [0.5, 0.6) is 0 Å². The Hall–Kier alpha value is -0.550. The summed E-state index contributed by atoms with van der Waals surface area (Å²) in [4.78, 5) is 9.69. The zero-order chi connectivity index (χ0) is 10.7. The number of para-hydroxylation sites is 1. The van der Waals surface area contributed by atoms with Gasteiger partial charge in [0, 0.05) is 5.69 Å². The van der Waals surface area contributed by atoms with Gasteiger partial charge < -0.3 is 10.8 Å².